The second-order valence-electron chi connectivity index (χ2n) is 4.78. The van der Waals surface area contributed by atoms with E-state index in [1.165, 1.54) is 0 Å². The van der Waals surface area contributed by atoms with Gasteiger partial charge < -0.3 is 4.98 Å². The summed E-state index contributed by atoms with van der Waals surface area (Å²) in [6, 6.07) is 13.8. The number of halogens is 1. The molecular weight excluding hydrogens is 302 g/mol. The first kappa shape index (κ1) is 12.6. The van der Waals surface area contributed by atoms with E-state index >= 15 is 0 Å². The van der Waals surface area contributed by atoms with Crippen molar-refractivity contribution in [1.82, 2.24) is 14.5 Å². The largest absolute Gasteiger partial charge is 0.330 e. The topological polar surface area (TPSA) is 33.6 Å². The SMILES string of the molecule is S=c1[nH]c2cccc(Cl)c2n1-c1cccc2cnccc12. The van der Waals surface area contributed by atoms with Gasteiger partial charge in [-0.1, -0.05) is 29.8 Å². The summed E-state index contributed by atoms with van der Waals surface area (Å²) in [6.45, 7) is 0. The molecule has 0 unspecified atom stereocenters. The number of aromatic nitrogens is 3. The van der Waals surface area contributed by atoms with Crippen molar-refractivity contribution < 1.29 is 0 Å². The first-order valence-electron chi connectivity index (χ1n) is 6.48. The molecule has 4 aromatic rings. The molecular formula is C16H10ClN3S. The first-order valence-corrected chi connectivity index (χ1v) is 7.27. The molecule has 0 aliphatic rings. The third-order valence-corrected chi connectivity index (χ3v) is 4.14. The maximum Gasteiger partial charge on any atom is 0.182 e. The van der Waals surface area contributed by atoms with Gasteiger partial charge >= 0.3 is 0 Å². The number of benzene rings is 2. The molecule has 2 aromatic heterocycles. The van der Waals surface area contributed by atoms with Crippen molar-refractivity contribution in [1.29, 1.82) is 0 Å². The van der Waals surface area contributed by atoms with Gasteiger partial charge in [0.25, 0.3) is 0 Å². The van der Waals surface area contributed by atoms with E-state index in [4.69, 9.17) is 23.8 Å². The van der Waals surface area contributed by atoms with Crippen molar-refractivity contribution in [2.45, 2.75) is 0 Å². The van der Waals surface area contributed by atoms with Gasteiger partial charge in [0.2, 0.25) is 0 Å². The van der Waals surface area contributed by atoms with Crippen LogP contribution in [0.25, 0.3) is 27.5 Å². The standard InChI is InChI=1S/C16H10ClN3S/c17-12-4-2-5-13-15(12)20(16(21)19-13)14-6-1-3-10-9-18-8-7-11(10)14/h1-9H,(H,19,21). The fraction of sp³-hybridized carbons (Fsp3) is 0. The lowest BCUT2D eigenvalue weighted by atomic mass is 10.1. The molecule has 0 spiro atoms. The summed E-state index contributed by atoms with van der Waals surface area (Å²) in [5.74, 6) is 0. The van der Waals surface area contributed by atoms with Crippen molar-refractivity contribution >= 4 is 45.6 Å². The van der Waals surface area contributed by atoms with E-state index in [1.54, 1.807) is 6.20 Å². The number of rotatable bonds is 1. The number of hydrogen-bond donors (Lipinski definition) is 1. The third kappa shape index (κ3) is 1.87. The Morgan fingerprint density at radius 2 is 1.95 bits per heavy atom. The predicted molar refractivity (Wildman–Crippen MR) is 88.8 cm³/mol. The molecule has 21 heavy (non-hydrogen) atoms. The van der Waals surface area contributed by atoms with Gasteiger partial charge in [-0.25, -0.2) is 0 Å². The van der Waals surface area contributed by atoms with Crippen LogP contribution < -0.4 is 0 Å². The number of pyridine rings is 1. The molecule has 0 saturated heterocycles. The van der Waals surface area contributed by atoms with Crippen LogP contribution >= 0.6 is 23.8 Å². The van der Waals surface area contributed by atoms with E-state index in [0.29, 0.717) is 9.79 Å². The Kier molecular flexibility index (Phi) is 2.80. The number of nitrogens with one attached hydrogen (secondary N) is 1. The van der Waals surface area contributed by atoms with Gasteiger partial charge in [0.15, 0.2) is 4.77 Å². The second kappa shape index (κ2) is 4.69. The lowest BCUT2D eigenvalue weighted by Gasteiger charge is -2.09. The zero-order valence-electron chi connectivity index (χ0n) is 10.9. The van der Waals surface area contributed by atoms with E-state index in [9.17, 15) is 0 Å². The maximum atomic E-state index is 6.38. The highest BCUT2D eigenvalue weighted by molar-refractivity contribution is 7.71. The van der Waals surface area contributed by atoms with E-state index in [0.717, 1.165) is 27.5 Å². The Balaban J connectivity index is 2.20. The quantitative estimate of drug-likeness (QED) is 0.508. The average Bonchev–Trinajstić information content (AvgIpc) is 2.84. The summed E-state index contributed by atoms with van der Waals surface area (Å²) in [4.78, 5) is 7.38. The lowest BCUT2D eigenvalue weighted by molar-refractivity contribution is 1.08. The Labute approximate surface area is 130 Å². The van der Waals surface area contributed by atoms with Crippen molar-refractivity contribution in [2.75, 3.05) is 0 Å². The number of imidazole rings is 1. The van der Waals surface area contributed by atoms with Crippen molar-refractivity contribution in [3.8, 4) is 5.69 Å². The summed E-state index contributed by atoms with van der Waals surface area (Å²) in [6.07, 6.45) is 3.63. The molecule has 0 atom stereocenters. The van der Waals surface area contributed by atoms with Gasteiger partial charge in [-0.2, -0.15) is 0 Å². The summed E-state index contributed by atoms with van der Waals surface area (Å²) in [7, 11) is 0. The Hall–Kier alpha value is -2.17. The molecule has 0 radical (unpaired) electrons. The highest BCUT2D eigenvalue weighted by atomic mass is 35.5. The third-order valence-electron chi connectivity index (χ3n) is 3.55. The molecule has 2 aromatic carbocycles. The molecule has 102 valence electrons. The Morgan fingerprint density at radius 3 is 2.86 bits per heavy atom. The molecule has 0 aliphatic carbocycles. The van der Waals surface area contributed by atoms with E-state index in [2.05, 4.69) is 9.97 Å². The van der Waals surface area contributed by atoms with Crippen LogP contribution in [-0.4, -0.2) is 14.5 Å². The smallest absolute Gasteiger partial charge is 0.182 e. The number of fused-ring (bicyclic) bond motifs is 2. The fourth-order valence-corrected chi connectivity index (χ4v) is 3.21. The molecule has 0 fully saturated rings. The predicted octanol–water partition coefficient (Wildman–Crippen LogP) is 4.89. The lowest BCUT2D eigenvalue weighted by Crippen LogP contribution is -1.96. The van der Waals surface area contributed by atoms with Crippen molar-refractivity contribution in [2.24, 2.45) is 0 Å². The zero-order chi connectivity index (χ0) is 14.4. The van der Waals surface area contributed by atoms with E-state index in [-0.39, 0.29) is 0 Å². The van der Waals surface area contributed by atoms with Crippen LogP contribution in [0, 0.1) is 4.77 Å². The minimum Gasteiger partial charge on any atom is -0.330 e. The maximum absolute atomic E-state index is 6.38. The van der Waals surface area contributed by atoms with Gasteiger partial charge in [0, 0.05) is 23.2 Å². The fourth-order valence-electron chi connectivity index (χ4n) is 2.65. The number of hydrogen-bond acceptors (Lipinski definition) is 2. The molecule has 0 amide bonds. The van der Waals surface area contributed by atoms with Crippen LogP contribution in [0.3, 0.4) is 0 Å². The number of nitrogens with zero attached hydrogens (tertiary/aromatic N) is 2. The minimum absolute atomic E-state index is 0.627. The average molecular weight is 312 g/mol. The number of para-hydroxylation sites is 1. The van der Waals surface area contributed by atoms with Crippen molar-refractivity contribution in [3.63, 3.8) is 0 Å². The zero-order valence-corrected chi connectivity index (χ0v) is 12.4. The van der Waals surface area contributed by atoms with Crippen LogP contribution in [-0.2, 0) is 0 Å². The molecule has 1 N–H and O–H groups in total. The van der Waals surface area contributed by atoms with Gasteiger partial charge in [-0.3, -0.25) is 9.55 Å². The summed E-state index contributed by atoms with van der Waals surface area (Å²) >= 11 is 11.9. The second-order valence-corrected chi connectivity index (χ2v) is 5.57. The van der Waals surface area contributed by atoms with Crippen LogP contribution in [0.4, 0.5) is 0 Å². The van der Waals surface area contributed by atoms with Gasteiger partial charge in [0.1, 0.15) is 0 Å². The highest BCUT2D eigenvalue weighted by Gasteiger charge is 2.11. The Bertz CT molecular complexity index is 1030. The highest BCUT2D eigenvalue weighted by Crippen LogP contribution is 2.29. The molecule has 0 bridgehead atoms. The van der Waals surface area contributed by atoms with Crippen LogP contribution in [0.2, 0.25) is 5.02 Å². The number of H-pyrrole nitrogens is 1. The van der Waals surface area contributed by atoms with Gasteiger partial charge in [-0.05, 0) is 36.5 Å². The molecule has 0 saturated carbocycles. The number of aromatic amines is 1. The molecule has 0 aliphatic heterocycles. The Morgan fingerprint density at radius 1 is 1.10 bits per heavy atom. The summed E-state index contributed by atoms with van der Waals surface area (Å²) in [5, 5.41) is 2.83. The molecule has 3 nitrogen and oxygen atoms in total. The van der Waals surface area contributed by atoms with Gasteiger partial charge in [0.05, 0.1) is 21.7 Å². The monoisotopic (exact) mass is 311 g/mol. The van der Waals surface area contributed by atoms with Gasteiger partial charge in [-0.15, -0.1) is 0 Å². The van der Waals surface area contributed by atoms with Crippen LogP contribution in [0.5, 0.6) is 0 Å². The van der Waals surface area contributed by atoms with Crippen LogP contribution in [0.15, 0.2) is 54.9 Å². The summed E-state index contributed by atoms with van der Waals surface area (Å²) in [5.41, 5.74) is 2.83. The normalized spacial score (nSPS) is 11.3. The molecule has 5 heteroatoms. The first-order chi connectivity index (χ1) is 10.3. The van der Waals surface area contributed by atoms with Crippen LogP contribution in [0.1, 0.15) is 0 Å². The molecule has 2 heterocycles. The van der Waals surface area contributed by atoms with E-state index in [1.807, 2.05) is 53.2 Å². The minimum atomic E-state index is 0.627. The van der Waals surface area contributed by atoms with E-state index < -0.39 is 0 Å². The summed E-state index contributed by atoms with van der Waals surface area (Å²) < 4.78 is 2.61. The van der Waals surface area contributed by atoms with Crippen molar-refractivity contribution in [3.05, 3.63) is 64.7 Å². The molecule has 4 rings (SSSR count).